The molecule has 0 fully saturated rings. The highest BCUT2D eigenvalue weighted by Gasteiger charge is 2.27. The number of aliphatic hydroxyl groups is 1. The molecule has 0 saturated carbocycles. The second kappa shape index (κ2) is 4.22. The summed E-state index contributed by atoms with van der Waals surface area (Å²) in [6, 6.07) is 0.479. The molecule has 82 valence electrons. The summed E-state index contributed by atoms with van der Waals surface area (Å²) in [6.45, 7) is -0.860. The van der Waals surface area contributed by atoms with E-state index in [2.05, 4.69) is 4.98 Å². The Morgan fingerprint density at radius 3 is 2.60 bits per heavy atom. The van der Waals surface area contributed by atoms with Crippen molar-refractivity contribution in [3.05, 3.63) is 33.3 Å². The van der Waals surface area contributed by atoms with Gasteiger partial charge >= 0.3 is 12.2 Å². The molecule has 0 saturated heterocycles. The van der Waals surface area contributed by atoms with Crippen LogP contribution in [0.15, 0.2) is 6.07 Å². The average Bonchev–Trinajstić information content (AvgIpc) is 2.16. The third kappa shape index (κ3) is 2.21. The number of pyridine rings is 1. The van der Waals surface area contributed by atoms with Crippen molar-refractivity contribution >= 4 is 5.82 Å². The lowest BCUT2D eigenvalue weighted by Crippen LogP contribution is -2.05. The van der Waals surface area contributed by atoms with Crippen LogP contribution in [0.5, 0.6) is 0 Å². The van der Waals surface area contributed by atoms with Crippen LogP contribution < -0.4 is 0 Å². The number of alkyl halides is 2. The van der Waals surface area contributed by atoms with Crippen molar-refractivity contribution in [2.75, 3.05) is 0 Å². The van der Waals surface area contributed by atoms with E-state index in [0.29, 0.717) is 6.07 Å². The maximum absolute atomic E-state index is 12.9. The summed E-state index contributed by atoms with van der Waals surface area (Å²) in [4.78, 5) is 11.8. The molecule has 1 aromatic rings. The fourth-order valence-corrected chi connectivity index (χ4v) is 0.974. The van der Waals surface area contributed by atoms with Crippen LogP contribution in [-0.4, -0.2) is 15.0 Å². The summed E-state index contributed by atoms with van der Waals surface area (Å²) < 4.78 is 37.4. The summed E-state index contributed by atoms with van der Waals surface area (Å²) >= 11 is 0. The topological polar surface area (TPSA) is 76.3 Å². The summed E-state index contributed by atoms with van der Waals surface area (Å²) in [7, 11) is 0. The maximum Gasteiger partial charge on any atom is 0.400 e. The van der Waals surface area contributed by atoms with Crippen LogP contribution in [0.3, 0.4) is 0 Å². The fourth-order valence-electron chi connectivity index (χ4n) is 0.974. The van der Waals surface area contributed by atoms with E-state index in [9.17, 15) is 23.3 Å². The highest BCUT2D eigenvalue weighted by molar-refractivity contribution is 5.31. The van der Waals surface area contributed by atoms with Gasteiger partial charge in [0.25, 0.3) is 0 Å². The first kappa shape index (κ1) is 11.4. The van der Waals surface area contributed by atoms with Gasteiger partial charge in [-0.25, -0.2) is 8.78 Å². The molecule has 0 bridgehead atoms. The Kier molecular flexibility index (Phi) is 3.20. The van der Waals surface area contributed by atoms with Gasteiger partial charge < -0.3 is 15.2 Å². The molecule has 0 radical (unpaired) electrons. The number of nitrogens with zero attached hydrogens (tertiary/aromatic N) is 2. The smallest absolute Gasteiger partial charge is 0.392 e. The normalized spacial score (nSPS) is 10.7. The van der Waals surface area contributed by atoms with Crippen LogP contribution in [0.25, 0.3) is 0 Å². The van der Waals surface area contributed by atoms with E-state index in [-0.39, 0.29) is 0 Å². The minimum atomic E-state index is -3.11. The Labute approximate surface area is 81.3 Å². The number of aromatic nitrogens is 1. The Morgan fingerprint density at radius 1 is 1.60 bits per heavy atom. The molecule has 1 N–H and O–H groups in total. The van der Waals surface area contributed by atoms with Crippen LogP contribution in [0.2, 0.25) is 0 Å². The number of hydrogen-bond donors (Lipinski definition) is 1. The van der Waals surface area contributed by atoms with Crippen molar-refractivity contribution in [3.63, 3.8) is 0 Å². The Balaban J connectivity index is 3.37. The molecule has 1 aromatic heterocycles. The van der Waals surface area contributed by atoms with E-state index in [1.165, 1.54) is 0 Å². The quantitative estimate of drug-likeness (QED) is 0.621. The van der Waals surface area contributed by atoms with E-state index in [1.807, 2.05) is 0 Å². The zero-order valence-corrected chi connectivity index (χ0v) is 7.15. The van der Waals surface area contributed by atoms with Gasteiger partial charge in [0, 0.05) is 5.56 Å². The van der Waals surface area contributed by atoms with E-state index in [1.54, 1.807) is 0 Å². The number of halogens is 3. The second-order valence-electron chi connectivity index (χ2n) is 2.55. The van der Waals surface area contributed by atoms with E-state index >= 15 is 0 Å². The molecule has 0 aliphatic rings. The summed E-state index contributed by atoms with van der Waals surface area (Å²) in [6.07, 6.45) is -3.11. The van der Waals surface area contributed by atoms with Gasteiger partial charge in [0.2, 0.25) is 11.5 Å². The molecule has 0 aromatic carbocycles. The lowest BCUT2D eigenvalue weighted by atomic mass is 10.2. The highest BCUT2D eigenvalue weighted by Crippen LogP contribution is 2.25. The van der Waals surface area contributed by atoms with Crippen LogP contribution in [0, 0.1) is 15.9 Å². The summed E-state index contributed by atoms with van der Waals surface area (Å²) in [5.74, 6) is -2.63. The van der Waals surface area contributed by atoms with E-state index in [0.717, 1.165) is 0 Å². The van der Waals surface area contributed by atoms with Gasteiger partial charge in [0.15, 0.2) is 0 Å². The van der Waals surface area contributed by atoms with Crippen LogP contribution in [0.4, 0.5) is 19.0 Å². The van der Waals surface area contributed by atoms with Gasteiger partial charge in [-0.15, -0.1) is 0 Å². The minimum Gasteiger partial charge on any atom is -0.392 e. The third-order valence-corrected chi connectivity index (χ3v) is 1.62. The molecule has 0 spiro atoms. The Morgan fingerprint density at radius 2 is 2.20 bits per heavy atom. The van der Waals surface area contributed by atoms with Crippen LogP contribution >= 0.6 is 0 Å². The van der Waals surface area contributed by atoms with E-state index in [4.69, 9.17) is 5.11 Å². The third-order valence-electron chi connectivity index (χ3n) is 1.62. The predicted molar refractivity (Wildman–Crippen MR) is 41.7 cm³/mol. The number of hydrogen-bond acceptors (Lipinski definition) is 4. The van der Waals surface area contributed by atoms with Gasteiger partial charge in [-0.3, -0.25) is 0 Å². The molecule has 1 heterocycles. The minimum absolute atomic E-state index is 0.465. The zero-order valence-electron chi connectivity index (χ0n) is 7.15. The maximum atomic E-state index is 12.9. The van der Waals surface area contributed by atoms with Gasteiger partial charge in [0.05, 0.1) is 6.61 Å². The first-order valence-corrected chi connectivity index (χ1v) is 3.70. The number of rotatable bonds is 3. The summed E-state index contributed by atoms with van der Waals surface area (Å²) in [5, 5.41) is 18.8. The molecule has 5 nitrogen and oxygen atoms in total. The largest absolute Gasteiger partial charge is 0.400 e. The zero-order chi connectivity index (χ0) is 11.6. The number of aliphatic hydroxyl groups excluding tert-OH is 1. The van der Waals surface area contributed by atoms with Crippen molar-refractivity contribution in [1.82, 2.24) is 4.98 Å². The molecule has 0 aliphatic heterocycles. The highest BCUT2D eigenvalue weighted by atomic mass is 19.3. The molecular weight excluding hydrogens is 217 g/mol. The lowest BCUT2D eigenvalue weighted by molar-refractivity contribution is -0.392. The first-order valence-electron chi connectivity index (χ1n) is 3.70. The molecular formula is C7H5F3N2O3. The lowest BCUT2D eigenvalue weighted by Gasteiger charge is -2.02. The monoisotopic (exact) mass is 222 g/mol. The Hall–Kier alpha value is -1.70. The van der Waals surface area contributed by atoms with Gasteiger partial charge in [-0.05, 0) is 16.0 Å². The molecule has 0 unspecified atom stereocenters. The second-order valence-corrected chi connectivity index (χ2v) is 2.55. The molecule has 0 atom stereocenters. The van der Waals surface area contributed by atoms with Crippen LogP contribution in [-0.2, 0) is 6.61 Å². The van der Waals surface area contributed by atoms with Gasteiger partial charge in [-0.2, -0.15) is 4.39 Å². The standard InChI is InChI=1S/C7H5F3N2O3/c8-4-1-3(2-13)5(6(9)10)11-7(4)12(14)15/h1,6,13H,2H2. The van der Waals surface area contributed by atoms with Crippen molar-refractivity contribution in [1.29, 1.82) is 0 Å². The molecule has 1 rings (SSSR count). The predicted octanol–water partition coefficient (Wildman–Crippen LogP) is 1.56. The SMILES string of the molecule is O=[N+]([O-])c1nc(C(F)F)c(CO)cc1F. The molecule has 8 heteroatoms. The summed E-state index contributed by atoms with van der Waals surface area (Å²) in [5.41, 5.74) is -1.45. The molecule has 0 amide bonds. The van der Waals surface area contributed by atoms with E-state index < -0.39 is 40.8 Å². The van der Waals surface area contributed by atoms with Crippen molar-refractivity contribution in [3.8, 4) is 0 Å². The first-order chi connectivity index (χ1) is 6.97. The fraction of sp³-hybridized carbons (Fsp3) is 0.286. The molecule has 15 heavy (non-hydrogen) atoms. The Bertz CT molecular complexity index is 397. The molecule has 0 aliphatic carbocycles. The van der Waals surface area contributed by atoms with Crippen molar-refractivity contribution in [2.24, 2.45) is 0 Å². The van der Waals surface area contributed by atoms with Crippen molar-refractivity contribution < 1.29 is 23.2 Å². The average molecular weight is 222 g/mol. The van der Waals surface area contributed by atoms with Crippen molar-refractivity contribution in [2.45, 2.75) is 13.0 Å². The van der Waals surface area contributed by atoms with Gasteiger partial charge in [-0.1, -0.05) is 0 Å². The van der Waals surface area contributed by atoms with Crippen LogP contribution in [0.1, 0.15) is 17.7 Å². The number of nitro groups is 1. The van der Waals surface area contributed by atoms with Gasteiger partial charge in [0.1, 0.15) is 0 Å².